The predicted octanol–water partition coefficient (Wildman–Crippen LogP) is 10.1. The molecule has 0 aromatic heterocycles. The molecule has 0 aliphatic heterocycles. The molecule has 1 N–H and O–H groups in total. The Bertz CT molecular complexity index is 1660. The molecule has 0 heterocycles. The summed E-state index contributed by atoms with van der Waals surface area (Å²) in [6, 6.07) is 24.1. The van der Waals surface area contributed by atoms with Crippen LogP contribution in [0.1, 0.15) is 103 Å². The van der Waals surface area contributed by atoms with E-state index >= 15 is 0 Å². The van der Waals surface area contributed by atoms with Crippen molar-refractivity contribution < 1.29 is 19.4 Å². The Morgan fingerprint density at radius 3 is 1.79 bits per heavy atom. The van der Waals surface area contributed by atoms with E-state index in [1.165, 1.54) is 33.4 Å². The Morgan fingerprint density at radius 2 is 1.33 bits per heavy atom. The maximum Gasteiger partial charge on any atom is 0.206 e. The van der Waals surface area contributed by atoms with Crippen LogP contribution >= 0.6 is 0 Å². The minimum atomic E-state index is -0.914. The van der Waals surface area contributed by atoms with Crippen LogP contribution in [0.15, 0.2) is 108 Å². The number of ether oxygens (including phenoxy) is 2. The highest BCUT2D eigenvalue weighted by atomic mass is 16.5. The predicted molar refractivity (Wildman–Crippen MR) is 201 cm³/mol. The van der Waals surface area contributed by atoms with E-state index in [1.807, 2.05) is 12.1 Å². The van der Waals surface area contributed by atoms with Gasteiger partial charge in [-0.3, -0.25) is 0 Å². The Labute approximate surface area is 289 Å². The van der Waals surface area contributed by atoms with Gasteiger partial charge < -0.3 is 14.6 Å². The molecule has 3 rings (SSSR count). The molecule has 1 atom stereocenters. The van der Waals surface area contributed by atoms with E-state index in [0.717, 1.165) is 5.56 Å². The molecule has 0 amide bonds. The SMILES string of the molecule is C=C(C)C(=C=O)OCC(O)COc1ccc(C(C)(C)c2cc(C(C)(C)C(/C=C\C(C)C)=C/C)cc(C(C)(C)c3ccc(C)cc3)c2)cc1. The van der Waals surface area contributed by atoms with Crippen molar-refractivity contribution in [1.29, 1.82) is 0 Å². The molecule has 0 fully saturated rings. The third kappa shape index (κ3) is 9.28. The lowest BCUT2D eigenvalue weighted by molar-refractivity contribution is 0.0405. The van der Waals surface area contributed by atoms with E-state index in [9.17, 15) is 9.90 Å². The molecule has 256 valence electrons. The summed E-state index contributed by atoms with van der Waals surface area (Å²) in [5.74, 6) is 2.82. The van der Waals surface area contributed by atoms with Crippen molar-refractivity contribution in [3.8, 4) is 5.75 Å². The highest BCUT2D eigenvalue weighted by Gasteiger charge is 2.32. The summed E-state index contributed by atoms with van der Waals surface area (Å²) >= 11 is 0. The molecule has 4 heteroatoms. The first-order valence-corrected chi connectivity index (χ1v) is 17.0. The average Bonchev–Trinajstić information content (AvgIpc) is 3.04. The number of aliphatic hydroxyl groups excluding tert-OH is 1. The van der Waals surface area contributed by atoms with Crippen molar-refractivity contribution in [2.24, 2.45) is 5.92 Å². The van der Waals surface area contributed by atoms with Gasteiger partial charge in [-0.1, -0.05) is 140 Å². The van der Waals surface area contributed by atoms with Gasteiger partial charge in [0.2, 0.25) is 5.76 Å². The minimum absolute atomic E-state index is 0.00691. The molecule has 48 heavy (non-hydrogen) atoms. The zero-order chi connectivity index (χ0) is 35.9. The van der Waals surface area contributed by atoms with E-state index < -0.39 is 6.10 Å². The quantitative estimate of drug-likeness (QED) is 0.101. The molecular formula is C44H56O4. The second-order valence-electron chi connectivity index (χ2n) is 14.9. The normalized spacial score (nSPS) is 13.4. The maximum atomic E-state index is 11.0. The number of rotatable bonds is 15. The molecule has 0 aliphatic rings. The smallest absolute Gasteiger partial charge is 0.206 e. The van der Waals surface area contributed by atoms with E-state index in [0.29, 0.717) is 17.2 Å². The van der Waals surface area contributed by atoms with Gasteiger partial charge in [-0.15, -0.1) is 0 Å². The van der Waals surface area contributed by atoms with Gasteiger partial charge >= 0.3 is 0 Å². The van der Waals surface area contributed by atoms with Gasteiger partial charge in [-0.25, -0.2) is 4.79 Å². The van der Waals surface area contributed by atoms with Crippen molar-refractivity contribution in [3.05, 3.63) is 142 Å². The van der Waals surface area contributed by atoms with Crippen LogP contribution in [-0.2, 0) is 25.8 Å². The summed E-state index contributed by atoms with van der Waals surface area (Å²) in [7, 11) is 0. The van der Waals surface area contributed by atoms with Crippen molar-refractivity contribution in [1.82, 2.24) is 0 Å². The molecule has 1 unspecified atom stereocenters. The molecule has 3 aromatic carbocycles. The van der Waals surface area contributed by atoms with Crippen molar-refractivity contribution in [3.63, 3.8) is 0 Å². The molecule has 0 bridgehead atoms. The van der Waals surface area contributed by atoms with E-state index in [2.05, 4.69) is 149 Å². The molecule has 0 saturated heterocycles. The van der Waals surface area contributed by atoms with Crippen LogP contribution in [0.4, 0.5) is 0 Å². The van der Waals surface area contributed by atoms with Crippen LogP contribution in [-0.4, -0.2) is 30.4 Å². The highest BCUT2D eigenvalue weighted by molar-refractivity contribution is 5.56. The number of carbonyl (C=O) groups excluding carboxylic acids is 1. The van der Waals surface area contributed by atoms with Crippen LogP contribution in [0.25, 0.3) is 0 Å². The first kappa shape index (κ1) is 38.3. The summed E-state index contributed by atoms with van der Waals surface area (Å²) in [5.41, 5.74) is 8.47. The Kier molecular flexibility index (Phi) is 12.7. The highest BCUT2D eigenvalue weighted by Crippen LogP contribution is 2.42. The summed E-state index contributed by atoms with van der Waals surface area (Å²) < 4.78 is 11.2. The van der Waals surface area contributed by atoms with E-state index in [-0.39, 0.29) is 35.2 Å². The lowest BCUT2D eigenvalue weighted by atomic mass is 9.69. The topological polar surface area (TPSA) is 55.8 Å². The molecule has 3 aromatic rings. The van der Waals surface area contributed by atoms with Gasteiger partial charge in [0.1, 0.15) is 25.1 Å². The fourth-order valence-electron chi connectivity index (χ4n) is 5.77. The lowest BCUT2D eigenvalue weighted by Crippen LogP contribution is -2.27. The largest absolute Gasteiger partial charge is 0.491 e. The third-order valence-corrected chi connectivity index (χ3v) is 9.48. The van der Waals surface area contributed by atoms with Crippen LogP contribution in [0, 0.1) is 12.8 Å². The van der Waals surface area contributed by atoms with Gasteiger partial charge in [-0.05, 0) is 77.8 Å². The van der Waals surface area contributed by atoms with Crippen LogP contribution in [0.3, 0.4) is 0 Å². The fourth-order valence-corrected chi connectivity index (χ4v) is 5.77. The Balaban J connectivity index is 2.01. The van der Waals surface area contributed by atoms with Crippen LogP contribution < -0.4 is 4.74 Å². The second-order valence-corrected chi connectivity index (χ2v) is 14.9. The van der Waals surface area contributed by atoms with Crippen LogP contribution in [0.2, 0.25) is 0 Å². The number of aliphatic hydroxyl groups is 1. The molecule has 4 nitrogen and oxygen atoms in total. The summed E-state index contributed by atoms with van der Waals surface area (Å²) in [6.07, 6.45) is 5.89. The molecule has 0 saturated carbocycles. The number of allylic oxidation sites excluding steroid dienone is 5. The van der Waals surface area contributed by atoms with Gasteiger partial charge in [0.25, 0.3) is 0 Å². The molecular weight excluding hydrogens is 592 g/mol. The second kappa shape index (κ2) is 15.9. The monoisotopic (exact) mass is 648 g/mol. The van der Waals surface area contributed by atoms with Crippen molar-refractivity contribution >= 4 is 5.94 Å². The average molecular weight is 649 g/mol. The molecule has 0 aliphatic carbocycles. The number of hydrogen-bond acceptors (Lipinski definition) is 4. The minimum Gasteiger partial charge on any atom is -0.491 e. The Hall–Kier alpha value is -4.11. The fraction of sp³-hybridized carbons (Fsp3) is 0.409. The number of aryl methyl sites for hydroxylation is 1. The summed E-state index contributed by atoms with van der Waals surface area (Å²) in [5, 5.41) is 10.3. The summed E-state index contributed by atoms with van der Waals surface area (Å²) in [6.45, 7) is 27.8. The first-order valence-electron chi connectivity index (χ1n) is 17.0. The van der Waals surface area contributed by atoms with Gasteiger partial charge in [-0.2, -0.15) is 0 Å². The first-order chi connectivity index (χ1) is 22.4. The van der Waals surface area contributed by atoms with Crippen molar-refractivity contribution in [2.75, 3.05) is 13.2 Å². The number of benzene rings is 3. The summed E-state index contributed by atoms with van der Waals surface area (Å²) in [4.78, 5) is 11.0. The molecule has 0 radical (unpaired) electrons. The van der Waals surface area contributed by atoms with Gasteiger partial charge in [0.15, 0.2) is 5.94 Å². The van der Waals surface area contributed by atoms with Gasteiger partial charge in [0.05, 0.1) is 0 Å². The van der Waals surface area contributed by atoms with Crippen LogP contribution in [0.5, 0.6) is 5.75 Å². The molecule has 0 spiro atoms. The van der Waals surface area contributed by atoms with Gasteiger partial charge in [0, 0.05) is 16.2 Å². The standard InChI is InChI=1S/C44H56O4/c1-13-33(17-14-30(2)3)42(7,8)36-24-37(43(9,10)34-18-15-32(6)16-19-34)26-38(25-36)44(11,12)35-20-22-40(23-21-35)47-28-39(46)29-48-41(27-45)31(4)5/h13-26,30,39,46H,4,28-29H2,1-3,5-12H3/b17-14-,33-13+. The van der Waals surface area contributed by atoms with E-state index in [4.69, 9.17) is 9.47 Å². The van der Waals surface area contributed by atoms with E-state index in [1.54, 1.807) is 12.9 Å². The lowest BCUT2D eigenvalue weighted by Gasteiger charge is -2.35. The third-order valence-electron chi connectivity index (χ3n) is 9.48. The number of hydrogen-bond donors (Lipinski definition) is 1. The zero-order valence-electron chi connectivity index (χ0n) is 31.0. The Morgan fingerprint density at radius 1 is 0.833 bits per heavy atom. The maximum absolute atomic E-state index is 11.0. The van der Waals surface area contributed by atoms with Crippen molar-refractivity contribution in [2.45, 2.75) is 98.5 Å². The zero-order valence-corrected chi connectivity index (χ0v) is 31.0.